The molecule has 1 aliphatic heterocycles. The summed E-state index contributed by atoms with van der Waals surface area (Å²) in [6.45, 7) is 2.59. The third-order valence-electron chi connectivity index (χ3n) is 5.86. The average Bonchev–Trinajstić information content (AvgIpc) is 3.10. The summed E-state index contributed by atoms with van der Waals surface area (Å²) in [5.74, 6) is 0.276. The summed E-state index contributed by atoms with van der Waals surface area (Å²) in [6, 6.07) is 13.8. The molecule has 1 saturated heterocycles. The van der Waals surface area contributed by atoms with Crippen LogP contribution in [0.15, 0.2) is 59.8 Å². The van der Waals surface area contributed by atoms with E-state index in [0.29, 0.717) is 25.2 Å². The van der Waals surface area contributed by atoms with E-state index in [1.165, 1.54) is 0 Å². The van der Waals surface area contributed by atoms with Gasteiger partial charge in [0.1, 0.15) is 0 Å². The smallest absolute Gasteiger partial charge is 0.254 e. The Morgan fingerprint density at radius 3 is 2.21 bits per heavy atom. The Kier molecular flexibility index (Phi) is 6.19. The monoisotopic (exact) mass is 409 g/mol. The Bertz CT molecular complexity index is 838. The first-order valence-corrected chi connectivity index (χ1v) is 11.2. The SMILES string of the molecule is O=C(c1ccncc1)N1CCCN(C(=O)C2(Sc3ccccc3)CCCC2)CC1. The second kappa shape index (κ2) is 8.99. The number of amides is 2. The van der Waals surface area contributed by atoms with E-state index < -0.39 is 0 Å². The molecule has 2 amide bonds. The molecule has 6 heteroatoms. The fourth-order valence-electron chi connectivity index (χ4n) is 4.31. The molecule has 0 spiro atoms. The molecule has 2 heterocycles. The van der Waals surface area contributed by atoms with Crippen molar-refractivity contribution in [2.75, 3.05) is 26.2 Å². The summed E-state index contributed by atoms with van der Waals surface area (Å²) in [5.41, 5.74) is 0.659. The number of thioether (sulfide) groups is 1. The first-order valence-electron chi connectivity index (χ1n) is 10.4. The van der Waals surface area contributed by atoms with Crippen LogP contribution in [0.2, 0.25) is 0 Å². The van der Waals surface area contributed by atoms with Gasteiger partial charge in [0.15, 0.2) is 0 Å². The number of carbonyl (C=O) groups excluding carboxylic acids is 2. The maximum absolute atomic E-state index is 13.6. The van der Waals surface area contributed by atoms with Crippen molar-refractivity contribution in [2.24, 2.45) is 0 Å². The van der Waals surface area contributed by atoms with Crippen LogP contribution in [0.3, 0.4) is 0 Å². The van der Waals surface area contributed by atoms with Gasteiger partial charge in [-0.25, -0.2) is 0 Å². The van der Waals surface area contributed by atoms with Crippen LogP contribution < -0.4 is 0 Å². The predicted molar refractivity (Wildman–Crippen MR) is 115 cm³/mol. The highest BCUT2D eigenvalue weighted by Crippen LogP contribution is 2.46. The van der Waals surface area contributed by atoms with Gasteiger partial charge in [0, 0.05) is 49.0 Å². The first kappa shape index (κ1) is 20.0. The molecule has 1 aromatic carbocycles. The number of pyridine rings is 1. The molecule has 1 saturated carbocycles. The molecule has 0 bridgehead atoms. The van der Waals surface area contributed by atoms with Crippen LogP contribution in [-0.4, -0.2) is 57.5 Å². The van der Waals surface area contributed by atoms with Gasteiger partial charge >= 0.3 is 0 Å². The second-order valence-corrected chi connectivity index (χ2v) is 9.25. The summed E-state index contributed by atoms with van der Waals surface area (Å²) in [7, 11) is 0. The molecule has 2 fully saturated rings. The van der Waals surface area contributed by atoms with Gasteiger partial charge in [-0.1, -0.05) is 31.0 Å². The number of nitrogens with zero attached hydrogens (tertiary/aromatic N) is 3. The summed E-state index contributed by atoms with van der Waals surface area (Å²) >= 11 is 1.73. The van der Waals surface area contributed by atoms with Gasteiger partial charge in [0.25, 0.3) is 5.91 Å². The topological polar surface area (TPSA) is 53.5 Å². The molecule has 5 nitrogen and oxygen atoms in total. The summed E-state index contributed by atoms with van der Waals surface area (Å²) < 4.78 is -0.356. The van der Waals surface area contributed by atoms with Crippen molar-refractivity contribution in [3.05, 3.63) is 60.4 Å². The van der Waals surface area contributed by atoms with Gasteiger partial charge in [-0.15, -0.1) is 11.8 Å². The Morgan fingerprint density at radius 1 is 0.828 bits per heavy atom. The molecule has 0 unspecified atom stereocenters. The minimum atomic E-state index is -0.356. The van der Waals surface area contributed by atoms with Crippen LogP contribution in [0.4, 0.5) is 0 Å². The lowest BCUT2D eigenvalue weighted by Crippen LogP contribution is -2.47. The molecule has 2 aliphatic rings. The number of carbonyl (C=O) groups is 2. The molecule has 0 atom stereocenters. The Labute approximate surface area is 176 Å². The van der Waals surface area contributed by atoms with E-state index in [1.54, 1.807) is 36.3 Å². The fraction of sp³-hybridized carbons (Fsp3) is 0.435. The molecule has 152 valence electrons. The summed E-state index contributed by atoms with van der Waals surface area (Å²) in [5, 5.41) is 0. The van der Waals surface area contributed by atoms with E-state index >= 15 is 0 Å². The molecule has 4 rings (SSSR count). The Hall–Kier alpha value is -2.34. The van der Waals surface area contributed by atoms with Gasteiger partial charge in [-0.2, -0.15) is 0 Å². The standard InChI is InChI=1S/C23H27N3O2S/c27-21(19-9-13-24-14-10-19)25-15-6-16-26(18-17-25)22(28)23(11-4-5-12-23)29-20-7-2-1-3-8-20/h1-3,7-10,13-14H,4-6,11-12,15-18H2. The fourth-order valence-corrected chi connectivity index (χ4v) is 5.76. The van der Waals surface area contributed by atoms with E-state index in [4.69, 9.17) is 0 Å². The quantitative estimate of drug-likeness (QED) is 0.769. The second-order valence-electron chi connectivity index (χ2n) is 7.79. The van der Waals surface area contributed by atoms with Crippen molar-refractivity contribution >= 4 is 23.6 Å². The maximum atomic E-state index is 13.6. The molecule has 0 N–H and O–H groups in total. The maximum Gasteiger partial charge on any atom is 0.254 e. The zero-order chi connectivity index (χ0) is 20.1. The first-order chi connectivity index (χ1) is 14.2. The van der Waals surface area contributed by atoms with Crippen molar-refractivity contribution in [2.45, 2.75) is 41.7 Å². The molecule has 0 radical (unpaired) electrons. The average molecular weight is 410 g/mol. The van der Waals surface area contributed by atoms with Crippen molar-refractivity contribution in [1.29, 1.82) is 0 Å². The molecule has 29 heavy (non-hydrogen) atoms. The highest BCUT2D eigenvalue weighted by atomic mass is 32.2. The molecule has 1 aromatic heterocycles. The van der Waals surface area contributed by atoms with E-state index in [9.17, 15) is 9.59 Å². The van der Waals surface area contributed by atoms with Crippen LogP contribution in [0.5, 0.6) is 0 Å². The lowest BCUT2D eigenvalue weighted by atomic mass is 10.1. The van der Waals surface area contributed by atoms with Crippen LogP contribution in [0, 0.1) is 0 Å². The van der Waals surface area contributed by atoms with Gasteiger partial charge in [0.05, 0.1) is 4.75 Å². The van der Waals surface area contributed by atoms with Crippen molar-refractivity contribution in [3.8, 4) is 0 Å². The predicted octanol–water partition coefficient (Wildman–Crippen LogP) is 3.86. The van der Waals surface area contributed by atoms with E-state index in [2.05, 4.69) is 17.1 Å². The normalized spacial score (nSPS) is 19.0. The lowest BCUT2D eigenvalue weighted by molar-refractivity contribution is -0.133. The van der Waals surface area contributed by atoms with Crippen molar-refractivity contribution in [1.82, 2.24) is 14.8 Å². The number of hydrogen-bond acceptors (Lipinski definition) is 4. The molecule has 2 aromatic rings. The highest BCUT2D eigenvalue weighted by molar-refractivity contribution is 8.01. The van der Waals surface area contributed by atoms with Gasteiger partial charge in [0.2, 0.25) is 5.91 Å². The van der Waals surface area contributed by atoms with E-state index in [1.807, 2.05) is 28.0 Å². The number of benzene rings is 1. The van der Waals surface area contributed by atoms with E-state index in [0.717, 1.165) is 43.5 Å². The third kappa shape index (κ3) is 4.47. The largest absolute Gasteiger partial charge is 0.340 e. The highest BCUT2D eigenvalue weighted by Gasteiger charge is 2.44. The minimum Gasteiger partial charge on any atom is -0.340 e. The van der Waals surface area contributed by atoms with Crippen LogP contribution in [0.1, 0.15) is 42.5 Å². The van der Waals surface area contributed by atoms with Gasteiger partial charge < -0.3 is 9.80 Å². The minimum absolute atomic E-state index is 0.0240. The van der Waals surface area contributed by atoms with Gasteiger partial charge in [-0.05, 0) is 43.5 Å². The number of hydrogen-bond donors (Lipinski definition) is 0. The molecular weight excluding hydrogens is 382 g/mol. The van der Waals surface area contributed by atoms with Crippen LogP contribution in [-0.2, 0) is 4.79 Å². The zero-order valence-electron chi connectivity index (χ0n) is 16.6. The Balaban J connectivity index is 1.45. The van der Waals surface area contributed by atoms with Crippen molar-refractivity contribution in [3.63, 3.8) is 0 Å². The van der Waals surface area contributed by atoms with E-state index in [-0.39, 0.29) is 16.6 Å². The summed E-state index contributed by atoms with van der Waals surface area (Å²) in [6.07, 6.45) is 8.17. The number of aromatic nitrogens is 1. The summed E-state index contributed by atoms with van der Waals surface area (Å²) in [4.78, 5) is 35.4. The van der Waals surface area contributed by atoms with Gasteiger partial charge in [-0.3, -0.25) is 14.6 Å². The van der Waals surface area contributed by atoms with Crippen LogP contribution in [0.25, 0.3) is 0 Å². The number of rotatable bonds is 4. The zero-order valence-corrected chi connectivity index (χ0v) is 17.4. The molecule has 1 aliphatic carbocycles. The van der Waals surface area contributed by atoms with Crippen LogP contribution >= 0.6 is 11.8 Å². The lowest BCUT2D eigenvalue weighted by Gasteiger charge is -2.33. The Morgan fingerprint density at radius 2 is 1.48 bits per heavy atom. The molecular formula is C23H27N3O2S. The van der Waals surface area contributed by atoms with Crippen molar-refractivity contribution < 1.29 is 9.59 Å². The third-order valence-corrected chi connectivity index (χ3v) is 7.34.